The van der Waals surface area contributed by atoms with Crippen molar-refractivity contribution in [2.75, 3.05) is 18.1 Å². The van der Waals surface area contributed by atoms with E-state index in [0.29, 0.717) is 15.7 Å². The minimum Gasteiger partial charge on any atom is -0.465 e. The van der Waals surface area contributed by atoms with E-state index in [2.05, 4.69) is 5.16 Å². The topological polar surface area (TPSA) is 62.1 Å². The van der Waals surface area contributed by atoms with Gasteiger partial charge in [-0.3, -0.25) is 4.79 Å². The number of halogens is 2. The van der Waals surface area contributed by atoms with E-state index in [1.807, 2.05) is 0 Å². The third kappa shape index (κ3) is 3.78. The molecule has 1 N–H and O–H groups in total. The van der Waals surface area contributed by atoms with Gasteiger partial charge in [0.15, 0.2) is 0 Å². The zero-order valence-electron chi connectivity index (χ0n) is 9.64. The third-order valence-corrected chi connectivity index (χ3v) is 2.63. The first kappa shape index (κ1) is 14.6. The van der Waals surface area contributed by atoms with E-state index in [1.165, 1.54) is 4.90 Å². The first-order chi connectivity index (χ1) is 8.60. The Kier molecular flexibility index (Phi) is 5.74. The normalized spacial score (nSPS) is 10.6. The fraction of sp³-hybridized carbons (Fsp3) is 0.273. The van der Waals surface area contributed by atoms with Crippen LogP contribution in [0.3, 0.4) is 0 Å². The second-order valence-electron chi connectivity index (χ2n) is 3.23. The van der Waals surface area contributed by atoms with E-state index < -0.39 is 5.97 Å². The minimum absolute atomic E-state index is 0.151. The van der Waals surface area contributed by atoms with Crippen molar-refractivity contribution >= 4 is 41.2 Å². The summed E-state index contributed by atoms with van der Waals surface area (Å²) in [4.78, 5) is 12.7. The van der Waals surface area contributed by atoms with Crippen LogP contribution in [0.1, 0.15) is 6.92 Å². The Morgan fingerprint density at radius 1 is 1.50 bits per heavy atom. The third-order valence-electron chi connectivity index (χ3n) is 2.02. The summed E-state index contributed by atoms with van der Waals surface area (Å²) < 4.78 is 4.81. The molecule has 7 heteroatoms. The maximum atomic E-state index is 11.4. The van der Waals surface area contributed by atoms with E-state index in [4.69, 9.17) is 33.1 Å². The smallest absolute Gasteiger partial charge is 0.326 e. The maximum Gasteiger partial charge on any atom is 0.326 e. The van der Waals surface area contributed by atoms with Gasteiger partial charge in [0.1, 0.15) is 12.9 Å². The molecular formula is C11H12Cl2N2O3. The Morgan fingerprint density at radius 3 is 2.61 bits per heavy atom. The number of rotatable bonds is 5. The first-order valence-corrected chi connectivity index (χ1v) is 5.89. The van der Waals surface area contributed by atoms with Gasteiger partial charge in [-0.05, 0) is 19.1 Å². The molecular weight excluding hydrogens is 279 g/mol. The minimum atomic E-state index is -0.478. The van der Waals surface area contributed by atoms with Gasteiger partial charge < -0.3 is 14.8 Å². The molecule has 0 saturated carbocycles. The maximum absolute atomic E-state index is 11.4. The van der Waals surface area contributed by atoms with Crippen molar-refractivity contribution < 1.29 is 14.7 Å². The van der Waals surface area contributed by atoms with Crippen molar-refractivity contribution in [3.8, 4) is 0 Å². The number of carbonyl (C=O) groups excluding carboxylic acids is 1. The van der Waals surface area contributed by atoms with Crippen LogP contribution in [-0.2, 0) is 9.53 Å². The molecule has 0 aliphatic carbocycles. The Labute approximate surface area is 115 Å². The van der Waals surface area contributed by atoms with Crippen LogP contribution in [0.2, 0.25) is 10.0 Å². The largest absolute Gasteiger partial charge is 0.465 e. The van der Waals surface area contributed by atoms with E-state index >= 15 is 0 Å². The SMILES string of the molecule is CCOC(=O)CN(C=NO)c1c(Cl)cccc1Cl. The fourth-order valence-corrected chi connectivity index (χ4v) is 1.96. The summed E-state index contributed by atoms with van der Waals surface area (Å²) in [6.07, 6.45) is 1.05. The van der Waals surface area contributed by atoms with Crippen LogP contribution in [0.25, 0.3) is 0 Å². The lowest BCUT2D eigenvalue weighted by molar-refractivity contribution is -0.141. The van der Waals surface area contributed by atoms with E-state index in [1.54, 1.807) is 25.1 Å². The van der Waals surface area contributed by atoms with Crippen LogP contribution in [0.4, 0.5) is 5.69 Å². The van der Waals surface area contributed by atoms with Crippen molar-refractivity contribution in [3.63, 3.8) is 0 Å². The van der Waals surface area contributed by atoms with E-state index in [-0.39, 0.29) is 13.2 Å². The Balaban J connectivity index is 3.01. The summed E-state index contributed by atoms with van der Waals surface area (Å²) in [6.45, 7) is 1.81. The second kappa shape index (κ2) is 7.08. The number of esters is 1. The number of anilines is 1. The van der Waals surface area contributed by atoms with Gasteiger partial charge in [-0.2, -0.15) is 0 Å². The highest BCUT2D eigenvalue weighted by atomic mass is 35.5. The van der Waals surface area contributed by atoms with Gasteiger partial charge in [0.2, 0.25) is 0 Å². The number of nitrogens with zero attached hydrogens (tertiary/aromatic N) is 2. The molecule has 0 aliphatic heterocycles. The monoisotopic (exact) mass is 290 g/mol. The zero-order chi connectivity index (χ0) is 13.5. The number of benzene rings is 1. The summed E-state index contributed by atoms with van der Waals surface area (Å²) in [5.41, 5.74) is 0.381. The standard InChI is InChI=1S/C11H12Cl2N2O3/c1-2-18-10(16)6-15(7-14-17)11-8(12)4-3-5-9(11)13/h3-5,7,17H,2,6H2,1H3. The molecule has 0 bridgehead atoms. The predicted octanol–water partition coefficient (Wildman–Crippen LogP) is 2.78. The fourth-order valence-electron chi connectivity index (χ4n) is 1.35. The van der Waals surface area contributed by atoms with Crippen LogP contribution in [-0.4, -0.2) is 30.7 Å². The molecule has 1 aromatic rings. The summed E-state index contributed by atoms with van der Waals surface area (Å²) >= 11 is 12.0. The number of hydrogen-bond acceptors (Lipinski definition) is 4. The lowest BCUT2D eigenvalue weighted by Crippen LogP contribution is -2.30. The Hall–Kier alpha value is -1.46. The van der Waals surface area contributed by atoms with Gasteiger partial charge in [-0.25, -0.2) is 0 Å². The average Bonchev–Trinajstić information content (AvgIpc) is 2.29. The highest BCUT2D eigenvalue weighted by molar-refractivity contribution is 6.39. The van der Waals surface area contributed by atoms with Gasteiger partial charge in [-0.1, -0.05) is 34.4 Å². The molecule has 0 saturated heterocycles. The van der Waals surface area contributed by atoms with Crippen LogP contribution in [0, 0.1) is 0 Å². The number of carbonyl (C=O) groups is 1. The highest BCUT2D eigenvalue weighted by Gasteiger charge is 2.16. The second-order valence-corrected chi connectivity index (χ2v) is 4.05. The quantitative estimate of drug-likeness (QED) is 0.298. The molecule has 0 spiro atoms. The van der Waals surface area contributed by atoms with Crippen molar-refractivity contribution in [2.45, 2.75) is 6.92 Å². The summed E-state index contributed by atoms with van der Waals surface area (Å²) in [5, 5.41) is 12.2. The van der Waals surface area contributed by atoms with E-state index in [0.717, 1.165) is 6.34 Å². The van der Waals surface area contributed by atoms with Crippen molar-refractivity contribution in [2.24, 2.45) is 5.16 Å². The number of hydrogen-bond donors (Lipinski definition) is 1. The lowest BCUT2D eigenvalue weighted by atomic mass is 10.3. The molecule has 98 valence electrons. The molecule has 0 atom stereocenters. The summed E-state index contributed by atoms with van der Waals surface area (Å²) in [6, 6.07) is 4.91. The van der Waals surface area contributed by atoms with Gasteiger partial charge in [0, 0.05) is 0 Å². The van der Waals surface area contributed by atoms with Crippen molar-refractivity contribution in [1.82, 2.24) is 0 Å². The van der Waals surface area contributed by atoms with Crippen LogP contribution >= 0.6 is 23.2 Å². The Bertz CT molecular complexity index is 432. The molecule has 1 aromatic carbocycles. The van der Waals surface area contributed by atoms with Crippen molar-refractivity contribution in [3.05, 3.63) is 28.2 Å². The molecule has 0 amide bonds. The highest BCUT2D eigenvalue weighted by Crippen LogP contribution is 2.32. The van der Waals surface area contributed by atoms with Gasteiger partial charge >= 0.3 is 5.97 Å². The van der Waals surface area contributed by atoms with Gasteiger partial charge in [0.05, 0.1) is 22.3 Å². The number of ether oxygens (including phenoxy) is 1. The molecule has 1 rings (SSSR count). The first-order valence-electron chi connectivity index (χ1n) is 5.14. The number of para-hydroxylation sites is 1. The predicted molar refractivity (Wildman–Crippen MR) is 70.7 cm³/mol. The molecule has 0 aliphatic rings. The molecule has 0 heterocycles. The zero-order valence-corrected chi connectivity index (χ0v) is 11.1. The molecule has 0 aromatic heterocycles. The molecule has 0 unspecified atom stereocenters. The molecule has 0 radical (unpaired) electrons. The van der Waals surface area contributed by atoms with Gasteiger partial charge in [0.25, 0.3) is 0 Å². The van der Waals surface area contributed by atoms with Crippen LogP contribution in [0.15, 0.2) is 23.4 Å². The lowest BCUT2D eigenvalue weighted by Gasteiger charge is -2.20. The summed E-state index contributed by atoms with van der Waals surface area (Å²) in [5.74, 6) is -0.478. The van der Waals surface area contributed by atoms with Crippen molar-refractivity contribution in [1.29, 1.82) is 0 Å². The van der Waals surface area contributed by atoms with Crippen LogP contribution < -0.4 is 4.90 Å². The molecule has 18 heavy (non-hydrogen) atoms. The summed E-state index contributed by atoms with van der Waals surface area (Å²) in [7, 11) is 0. The van der Waals surface area contributed by atoms with Crippen LogP contribution in [0.5, 0.6) is 0 Å². The molecule has 0 fully saturated rings. The van der Waals surface area contributed by atoms with E-state index in [9.17, 15) is 4.79 Å². The number of oxime groups is 1. The Morgan fingerprint density at radius 2 is 2.11 bits per heavy atom. The van der Waals surface area contributed by atoms with Gasteiger partial charge in [-0.15, -0.1) is 0 Å². The molecule has 5 nitrogen and oxygen atoms in total. The average molecular weight is 291 g/mol.